The fourth-order valence-electron chi connectivity index (χ4n) is 1.23. The molecule has 0 saturated heterocycles. The second-order valence-corrected chi connectivity index (χ2v) is 3.24. The van der Waals surface area contributed by atoms with Gasteiger partial charge in [0.2, 0.25) is 0 Å². The van der Waals surface area contributed by atoms with Crippen molar-refractivity contribution in [1.82, 2.24) is 9.97 Å². The topological polar surface area (TPSA) is 51.8 Å². The number of nitrogens with zero attached hydrogens (tertiary/aromatic N) is 2. The van der Waals surface area contributed by atoms with Gasteiger partial charge in [-0.3, -0.25) is 0 Å². The Morgan fingerprint density at radius 1 is 1.54 bits per heavy atom. The summed E-state index contributed by atoms with van der Waals surface area (Å²) in [4.78, 5) is 8.68. The van der Waals surface area contributed by atoms with E-state index in [2.05, 4.69) is 23.8 Å². The van der Waals surface area contributed by atoms with E-state index in [1.54, 1.807) is 0 Å². The highest BCUT2D eigenvalue weighted by atomic mass is 14.9. The first-order valence-electron chi connectivity index (χ1n) is 4.79. The van der Waals surface area contributed by atoms with Gasteiger partial charge in [0.15, 0.2) is 0 Å². The summed E-state index contributed by atoms with van der Waals surface area (Å²) in [5.41, 5.74) is 6.59. The number of nitrogens with two attached hydrogens (primary N) is 1. The van der Waals surface area contributed by atoms with Crippen LogP contribution in [0.25, 0.3) is 0 Å². The van der Waals surface area contributed by atoms with E-state index in [1.165, 1.54) is 0 Å². The Kier molecular flexibility index (Phi) is 3.83. The van der Waals surface area contributed by atoms with Crippen LogP contribution in [0.1, 0.15) is 37.7 Å². The van der Waals surface area contributed by atoms with Crippen LogP contribution in [0.4, 0.5) is 0 Å². The Morgan fingerprint density at radius 3 is 2.92 bits per heavy atom. The Morgan fingerprint density at radius 2 is 2.31 bits per heavy atom. The van der Waals surface area contributed by atoms with Gasteiger partial charge in [-0.25, -0.2) is 9.97 Å². The largest absolute Gasteiger partial charge is 0.330 e. The zero-order chi connectivity index (χ0) is 9.68. The van der Waals surface area contributed by atoms with Gasteiger partial charge < -0.3 is 5.73 Å². The Hall–Kier alpha value is -0.960. The van der Waals surface area contributed by atoms with Crippen LogP contribution in [-0.4, -0.2) is 16.5 Å². The maximum absolute atomic E-state index is 5.48. The Labute approximate surface area is 79.4 Å². The van der Waals surface area contributed by atoms with Crippen molar-refractivity contribution in [1.29, 1.82) is 0 Å². The SMILES string of the molecule is CCc1ccnc(C(C)CCN)n1. The van der Waals surface area contributed by atoms with Crippen LogP contribution >= 0.6 is 0 Å². The van der Waals surface area contributed by atoms with Gasteiger partial charge in [-0.2, -0.15) is 0 Å². The molecule has 1 unspecified atom stereocenters. The highest BCUT2D eigenvalue weighted by Gasteiger charge is 2.07. The van der Waals surface area contributed by atoms with E-state index in [-0.39, 0.29) is 0 Å². The van der Waals surface area contributed by atoms with Crippen molar-refractivity contribution < 1.29 is 0 Å². The van der Waals surface area contributed by atoms with Crippen molar-refractivity contribution in [3.05, 3.63) is 23.8 Å². The summed E-state index contributed by atoms with van der Waals surface area (Å²) < 4.78 is 0. The maximum Gasteiger partial charge on any atom is 0.131 e. The summed E-state index contributed by atoms with van der Waals surface area (Å²) in [6.07, 6.45) is 3.74. The standard InChI is InChI=1S/C10H17N3/c1-3-9-5-7-12-10(13-9)8(2)4-6-11/h5,7-8H,3-4,6,11H2,1-2H3. The fraction of sp³-hybridized carbons (Fsp3) is 0.600. The second-order valence-electron chi connectivity index (χ2n) is 3.24. The van der Waals surface area contributed by atoms with E-state index in [4.69, 9.17) is 5.73 Å². The minimum atomic E-state index is 0.372. The molecular weight excluding hydrogens is 162 g/mol. The zero-order valence-electron chi connectivity index (χ0n) is 8.33. The summed E-state index contributed by atoms with van der Waals surface area (Å²) in [6.45, 7) is 4.90. The highest BCUT2D eigenvalue weighted by Crippen LogP contribution is 2.13. The molecule has 0 aliphatic carbocycles. The summed E-state index contributed by atoms with van der Waals surface area (Å²) in [5.74, 6) is 1.29. The first kappa shape index (κ1) is 10.1. The molecule has 0 bridgehead atoms. The number of rotatable bonds is 4. The van der Waals surface area contributed by atoms with Crippen LogP contribution in [0, 0.1) is 0 Å². The molecule has 0 spiro atoms. The molecule has 1 atom stereocenters. The molecule has 2 N–H and O–H groups in total. The lowest BCUT2D eigenvalue weighted by atomic mass is 10.1. The van der Waals surface area contributed by atoms with Gasteiger partial charge in [0.05, 0.1) is 0 Å². The lowest BCUT2D eigenvalue weighted by Crippen LogP contribution is -2.08. The summed E-state index contributed by atoms with van der Waals surface area (Å²) in [6, 6.07) is 1.96. The van der Waals surface area contributed by atoms with Crippen LogP contribution in [0.3, 0.4) is 0 Å². The van der Waals surface area contributed by atoms with E-state index in [9.17, 15) is 0 Å². The maximum atomic E-state index is 5.48. The molecule has 0 saturated carbocycles. The predicted octanol–water partition coefficient (Wildman–Crippen LogP) is 1.49. The van der Waals surface area contributed by atoms with Crippen LogP contribution in [0.15, 0.2) is 12.3 Å². The molecule has 0 aliphatic heterocycles. The molecule has 0 amide bonds. The normalized spacial score (nSPS) is 12.8. The molecule has 3 nitrogen and oxygen atoms in total. The smallest absolute Gasteiger partial charge is 0.131 e. The lowest BCUT2D eigenvalue weighted by Gasteiger charge is -2.08. The first-order chi connectivity index (χ1) is 6.27. The van der Waals surface area contributed by atoms with Crippen LogP contribution in [-0.2, 0) is 6.42 Å². The third-order valence-electron chi connectivity index (χ3n) is 2.13. The van der Waals surface area contributed by atoms with Gasteiger partial charge in [0, 0.05) is 17.8 Å². The summed E-state index contributed by atoms with van der Waals surface area (Å²) in [7, 11) is 0. The van der Waals surface area contributed by atoms with Crippen LogP contribution in [0.5, 0.6) is 0 Å². The summed E-state index contributed by atoms with van der Waals surface area (Å²) in [5, 5.41) is 0. The van der Waals surface area contributed by atoms with Gasteiger partial charge in [-0.1, -0.05) is 13.8 Å². The minimum absolute atomic E-state index is 0.372. The van der Waals surface area contributed by atoms with Crippen molar-refractivity contribution in [3.8, 4) is 0 Å². The van der Waals surface area contributed by atoms with Crippen LogP contribution in [0.2, 0.25) is 0 Å². The molecule has 0 aliphatic rings. The molecule has 0 aromatic carbocycles. The molecule has 1 aromatic heterocycles. The van der Waals surface area contributed by atoms with Gasteiger partial charge in [-0.05, 0) is 25.5 Å². The van der Waals surface area contributed by atoms with E-state index >= 15 is 0 Å². The van der Waals surface area contributed by atoms with Crippen molar-refractivity contribution in [2.45, 2.75) is 32.6 Å². The van der Waals surface area contributed by atoms with Crippen molar-refractivity contribution in [2.75, 3.05) is 6.54 Å². The number of aromatic nitrogens is 2. The monoisotopic (exact) mass is 179 g/mol. The molecule has 1 aromatic rings. The van der Waals surface area contributed by atoms with E-state index in [0.717, 1.165) is 24.4 Å². The van der Waals surface area contributed by atoms with Crippen molar-refractivity contribution in [3.63, 3.8) is 0 Å². The van der Waals surface area contributed by atoms with Crippen LogP contribution < -0.4 is 5.73 Å². The average molecular weight is 179 g/mol. The zero-order valence-corrected chi connectivity index (χ0v) is 8.33. The quantitative estimate of drug-likeness (QED) is 0.762. The fourth-order valence-corrected chi connectivity index (χ4v) is 1.23. The molecule has 13 heavy (non-hydrogen) atoms. The lowest BCUT2D eigenvalue weighted by molar-refractivity contribution is 0.641. The van der Waals surface area contributed by atoms with Gasteiger partial charge in [0.25, 0.3) is 0 Å². The van der Waals surface area contributed by atoms with E-state index < -0.39 is 0 Å². The third-order valence-corrected chi connectivity index (χ3v) is 2.13. The first-order valence-corrected chi connectivity index (χ1v) is 4.79. The Balaban J connectivity index is 2.75. The third kappa shape index (κ3) is 2.77. The molecule has 1 rings (SSSR count). The molecule has 0 radical (unpaired) electrons. The second kappa shape index (κ2) is 4.92. The molecule has 72 valence electrons. The predicted molar refractivity (Wildman–Crippen MR) is 53.5 cm³/mol. The van der Waals surface area contributed by atoms with E-state index in [0.29, 0.717) is 12.5 Å². The number of hydrogen-bond donors (Lipinski definition) is 1. The molecule has 1 heterocycles. The Bertz CT molecular complexity index is 260. The van der Waals surface area contributed by atoms with Gasteiger partial charge in [0.1, 0.15) is 5.82 Å². The highest BCUT2D eigenvalue weighted by molar-refractivity contribution is 5.04. The van der Waals surface area contributed by atoms with Gasteiger partial charge in [-0.15, -0.1) is 0 Å². The number of aryl methyl sites for hydroxylation is 1. The summed E-state index contributed by atoms with van der Waals surface area (Å²) >= 11 is 0. The average Bonchev–Trinajstić information content (AvgIpc) is 2.18. The van der Waals surface area contributed by atoms with Crippen molar-refractivity contribution in [2.24, 2.45) is 5.73 Å². The molecule has 0 fully saturated rings. The van der Waals surface area contributed by atoms with Gasteiger partial charge >= 0.3 is 0 Å². The minimum Gasteiger partial charge on any atom is -0.330 e. The van der Waals surface area contributed by atoms with Crippen molar-refractivity contribution >= 4 is 0 Å². The number of hydrogen-bond acceptors (Lipinski definition) is 3. The van der Waals surface area contributed by atoms with E-state index in [1.807, 2.05) is 12.3 Å². The molecular formula is C10H17N3. The molecule has 3 heteroatoms.